The fraction of sp³-hybridized carbons (Fsp3) is 0.818. The number of hydrogen-bond acceptors (Lipinski definition) is 3. The molecular formula is C11H22ClN3O2. The van der Waals surface area contributed by atoms with Crippen molar-refractivity contribution >= 4 is 24.2 Å². The highest BCUT2D eigenvalue weighted by Crippen LogP contribution is 2.28. The van der Waals surface area contributed by atoms with E-state index in [4.69, 9.17) is 5.73 Å². The maximum atomic E-state index is 11.4. The number of nitrogens with two attached hydrogens (primary N) is 1. The Morgan fingerprint density at radius 1 is 1.24 bits per heavy atom. The molecule has 1 rings (SSSR count). The highest BCUT2D eigenvalue weighted by atomic mass is 35.5. The summed E-state index contributed by atoms with van der Waals surface area (Å²) >= 11 is 0. The first-order valence-electron chi connectivity index (χ1n) is 5.83. The van der Waals surface area contributed by atoms with E-state index in [1.54, 1.807) is 0 Å². The molecule has 17 heavy (non-hydrogen) atoms. The van der Waals surface area contributed by atoms with E-state index in [9.17, 15) is 9.59 Å². The first-order chi connectivity index (χ1) is 7.52. The molecule has 1 fully saturated rings. The van der Waals surface area contributed by atoms with Crippen molar-refractivity contribution in [2.75, 3.05) is 13.1 Å². The predicted molar refractivity (Wildman–Crippen MR) is 68.8 cm³/mol. The molecule has 1 atom stereocenters. The number of carbonyl (C=O) groups is 2. The van der Waals surface area contributed by atoms with E-state index < -0.39 is 6.04 Å². The second-order valence-corrected chi connectivity index (χ2v) is 4.63. The predicted octanol–water partition coefficient (Wildman–Crippen LogP) is 0.0339. The molecule has 2 amide bonds. The normalized spacial score (nSPS) is 16.0. The van der Waals surface area contributed by atoms with Crippen molar-refractivity contribution in [1.82, 2.24) is 10.6 Å². The summed E-state index contributed by atoms with van der Waals surface area (Å²) in [6, 6.07) is -0.473. The van der Waals surface area contributed by atoms with Gasteiger partial charge in [-0.1, -0.05) is 13.8 Å². The van der Waals surface area contributed by atoms with Crippen molar-refractivity contribution in [2.45, 2.75) is 32.7 Å². The molecule has 0 spiro atoms. The van der Waals surface area contributed by atoms with Crippen LogP contribution in [0.15, 0.2) is 0 Å². The monoisotopic (exact) mass is 263 g/mol. The van der Waals surface area contributed by atoms with E-state index in [0.29, 0.717) is 13.1 Å². The quantitative estimate of drug-likeness (QED) is 0.592. The fourth-order valence-electron chi connectivity index (χ4n) is 1.28. The van der Waals surface area contributed by atoms with Crippen molar-refractivity contribution in [1.29, 1.82) is 0 Å². The number of nitrogens with one attached hydrogen (secondary N) is 2. The minimum absolute atomic E-state index is 0. The molecule has 1 aliphatic rings. The summed E-state index contributed by atoms with van der Waals surface area (Å²) in [6.45, 7) is 4.72. The van der Waals surface area contributed by atoms with Crippen LogP contribution in [0.4, 0.5) is 0 Å². The average Bonchev–Trinajstić information content (AvgIpc) is 3.05. The smallest absolute Gasteiger partial charge is 0.237 e. The van der Waals surface area contributed by atoms with Crippen LogP contribution in [-0.2, 0) is 9.59 Å². The second-order valence-electron chi connectivity index (χ2n) is 4.63. The number of amides is 2. The Kier molecular flexibility index (Phi) is 7.15. The van der Waals surface area contributed by atoms with Gasteiger partial charge >= 0.3 is 0 Å². The zero-order valence-electron chi connectivity index (χ0n) is 10.4. The third kappa shape index (κ3) is 5.89. The van der Waals surface area contributed by atoms with E-state index in [2.05, 4.69) is 10.6 Å². The molecule has 0 radical (unpaired) electrons. The zero-order valence-corrected chi connectivity index (χ0v) is 11.2. The summed E-state index contributed by atoms with van der Waals surface area (Å²) in [5.74, 6) is 0.285. The van der Waals surface area contributed by atoms with Crippen molar-refractivity contribution in [2.24, 2.45) is 17.6 Å². The van der Waals surface area contributed by atoms with Gasteiger partial charge in [-0.25, -0.2) is 0 Å². The summed E-state index contributed by atoms with van der Waals surface area (Å²) in [6.07, 6.45) is 1.99. The Labute approximate surface area is 108 Å². The summed E-state index contributed by atoms with van der Waals surface area (Å²) in [5, 5.41) is 5.47. The van der Waals surface area contributed by atoms with Gasteiger partial charge in [-0.05, 0) is 18.8 Å². The summed E-state index contributed by atoms with van der Waals surface area (Å²) < 4.78 is 0. The topological polar surface area (TPSA) is 84.2 Å². The van der Waals surface area contributed by atoms with Crippen LogP contribution in [0.1, 0.15) is 26.7 Å². The lowest BCUT2D eigenvalue weighted by molar-refractivity contribution is -0.124. The Morgan fingerprint density at radius 2 is 1.76 bits per heavy atom. The first kappa shape index (κ1) is 16.2. The van der Waals surface area contributed by atoms with Gasteiger partial charge in [-0.2, -0.15) is 0 Å². The molecule has 0 aromatic rings. The molecular weight excluding hydrogens is 242 g/mol. The number of carbonyl (C=O) groups excluding carboxylic acids is 2. The maximum absolute atomic E-state index is 11.4. The van der Waals surface area contributed by atoms with Crippen LogP contribution in [0.3, 0.4) is 0 Å². The molecule has 0 aromatic carbocycles. The van der Waals surface area contributed by atoms with Crippen LogP contribution in [0.2, 0.25) is 0 Å². The Bertz CT molecular complexity index is 267. The lowest BCUT2D eigenvalue weighted by atomic mass is 10.1. The van der Waals surface area contributed by atoms with Crippen molar-refractivity contribution < 1.29 is 9.59 Å². The van der Waals surface area contributed by atoms with Gasteiger partial charge in [-0.15, -0.1) is 12.4 Å². The van der Waals surface area contributed by atoms with Gasteiger partial charge in [0, 0.05) is 19.0 Å². The van der Waals surface area contributed by atoms with Gasteiger partial charge in [0.05, 0.1) is 6.04 Å². The van der Waals surface area contributed by atoms with E-state index in [1.165, 1.54) is 0 Å². The van der Waals surface area contributed by atoms with Crippen molar-refractivity contribution in [3.63, 3.8) is 0 Å². The molecule has 6 heteroatoms. The van der Waals surface area contributed by atoms with Crippen molar-refractivity contribution in [3.8, 4) is 0 Å². The second kappa shape index (κ2) is 7.50. The minimum Gasteiger partial charge on any atom is -0.354 e. The molecule has 1 unspecified atom stereocenters. The first-order valence-corrected chi connectivity index (χ1v) is 5.83. The largest absolute Gasteiger partial charge is 0.354 e. The highest BCUT2D eigenvalue weighted by Gasteiger charge is 2.29. The van der Waals surface area contributed by atoms with Crippen LogP contribution < -0.4 is 16.4 Å². The molecule has 0 bridgehead atoms. The third-order valence-electron chi connectivity index (χ3n) is 2.69. The lowest BCUT2D eigenvalue weighted by Crippen LogP contribution is -2.46. The third-order valence-corrected chi connectivity index (χ3v) is 2.69. The fourth-order valence-corrected chi connectivity index (χ4v) is 1.28. The Balaban J connectivity index is 0.00000256. The highest BCUT2D eigenvalue weighted by molar-refractivity contribution is 5.85. The lowest BCUT2D eigenvalue weighted by Gasteiger charge is -2.15. The molecule has 0 heterocycles. The molecule has 0 saturated heterocycles. The van der Waals surface area contributed by atoms with Gasteiger partial charge < -0.3 is 16.4 Å². The van der Waals surface area contributed by atoms with Gasteiger partial charge in [0.1, 0.15) is 0 Å². The maximum Gasteiger partial charge on any atom is 0.237 e. The number of hydrogen-bond donors (Lipinski definition) is 3. The summed E-state index contributed by atoms with van der Waals surface area (Å²) in [4.78, 5) is 22.7. The summed E-state index contributed by atoms with van der Waals surface area (Å²) in [7, 11) is 0. The molecule has 1 saturated carbocycles. The molecule has 100 valence electrons. The van der Waals surface area contributed by atoms with Crippen LogP contribution in [-0.4, -0.2) is 30.9 Å². The molecule has 1 aliphatic carbocycles. The van der Waals surface area contributed by atoms with Crippen LogP contribution in [0.5, 0.6) is 0 Å². The standard InChI is InChI=1S/C11H21N3O2.ClH/c1-7(2)9(12)11(16)14-6-5-13-10(15)8-3-4-8;/h7-9H,3-6,12H2,1-2H3,(H,13,15)(H,14,16);1H. The van der Waals surface area contributed by atoms with E-state index in [0.717, 1.165) is 12.8 Å². The molecule has 5 nitrogen and oxygen atoms in total. The molecule has 0 aromatic heterocycles. The van der Waals surface area contributed by atoms with Crippen LogP contribution >= 0.6 is 12.4 Å². The van der Waals surface area contributed by atoms with E-state index >= 15 is 0 Å². The average molecular weight is 264 g/mol. The van der Waals surface area contributed by atoms with Crippen LogP contribution in [0, 0.1) is 11.8 Å². The van der Waals surface area contributed by atoms with Gasteiger partial charge in [0.15, 0.2) is 0 Å². The van der Waals surface area contributed by atoms with Gasteiger partial charge in [0.25, 0.3) is 0 Å². The summed E-state index contributed by atoms with van der Waals surface area (Å²) in [5.41, 5.74) is 5.66. The SMILES string of the molecule is CC(C)C(N)C(=O)NCCNC(=O)C1CC1.Cl. The zero-order chi connectivity index (χ0) is 12.1. The molecule has 0 aliphatic heterocycles. The molecule has 4 N–H and O–H groups in total. The van der Waals surface area contributed by atoms with E-state index in [1.807, 2.05) is 13.8 Å². The Hall–Kier alpha value is -0.810. The van der Waals surface area contributed by atoms with Crippen molar-refractivity contribution in [3.05, 3.63) is 0 Å². The van der Waals surface area contributed by atoms with Crippen LogP contribution in [0.25, 0.3) is 0 Å². The number of halogens is 1. The van der Waals surface area contributed by atoms with Gasteiger partial charge in [0.2, 0.25) is 11.8 Å². The number of rotatable bonds is 6. The minimum atomic E-state index is -0.473. The van der Waals surface area contributed by atoms with Gasteiger partial charge in [-0.3, -0.25) is 9.59 Å². The Morgan fingerprint density at radius 3 is 2.24 bits per heavy atom. The van der Waals surface area contributed by atoms with E-state index in [-0.39, 0.29) is 36.1 Å².